The molecular weight excluding hydrogens is 404 g/mol. The maximum Gasteiger partial charge on any atom is 0.246 e. The van der Waals surface area contributed by atoms with Gasteiger partial charge in [0.15, 0.2) is 0 Å². The number of carbonyl (C=O) groups excluding carboxylic acids is 3. The van der Waals surface area contributed by atoms with Gasteiger partial charge in [-0.1, -0.05) is 13.8 Å². The number of hydroxylamine groups is 1. The van der Waals surface area contributed by atoms with Crippen molar-refractivity contribution in [3.8, 4) is 0 Å². The Kier molecular flexibility index (Phi) is 9.63. The lowest BCUT2D eigenvalue weighted by molar-refractivity contribution is -0.139. The molecule has 11 nitrogen and oxygen atoms in total. The quantitative estimate of drug-likeness (QED) is 0.181. The largest absolute Gasteiger partial charge is 0.376 e. The third-order valence-electron chi connectivity index (χ3n) is 6.43. The molecule has 2 fully saturated rings. The number of carbonyl (C=O) groups is 3. The molecule has 0 aromatic heterocycles. The lowest BCUT2D eigenvalue weighted by atomic mass is 9.84. The van der Waals surface area contributed by atoms with E-state index in [1.807, 2.05) is 5.48 Å². The van der Waals surface area contributed by atoms with Crippen molar-refractivity contribution >= 4 is 17.7 Å². The third-order valence-corrected chi connectivity index (χ3v) is 6.43. The summed E-state index contributed by atoms with van der Waals surface area (Å²) in [6, 6.07) is -0.389. The van der Waals surface area contributed by atoms with Gasteiger partial charge in [0.2, 0.25) is 17.7 Å². The standard InChI is InChI=1S/C20H38N6O5/c1-14(2)17(24-31)18(29)23-20(19(30)21-12-16(28)22-13-27)6-10-26(11-7-20)15-4-8-25(3)9-5-15/h14-15,17,24,27,31H,4-13H2,1-3H3,(H,21,30)(H,22,28)(H,23,29)/t17-/m0/s1. The monoisotopic (exact) mass is 442 g/mol. The first-order valence-electron chi connectivity index (χ1n) is 11.0. The van der Waals surface area contributed by atoms with Crippen LogP contribution in [0.2, 0.25) is 0 Å². The summed E-state index contributed by atoms with van der Waals surface area (Å²) in [5.41, 5.74) is 0.864. The molecule has 6 N–H and O–H groups in total. The van der Waals surface area contributed by atoms with E-state index < -0.39 is 36.0 Å². The molecule has 2 aliphatic heterocycles. The van der Waals surface area contributed by atoms with E-state index in [1.165, 1.54) is 0 Å². The summed E-state index contributed by atoms with van der Waals surface area (Å²) < 4.78 is 0. The average Bonchev–Trinajstić information content (AvgIpc) is 2.73. The van der Waals surface area contributed by atoms with E-state index in [2.05, 4.69) is 32.8 Å². The van der Waals surface area contributed by atoms with E-state index in [4.69, 9.17) is 5.11 Å². The molecule has 2 rings (SSSR count). The average molecular weight is 443 g/mol. The Balaban J connectivity index is 2.08. The number of amides is 3. The van der Waals surface area contributed by atoms with Crippen molar-refractivity contribution in [2.45, 2.75) is 57.2 Å². The molecular formula is C20H38N6O5. The Morgan fingerprint density at radius 1 is 1.06 bits per heavy atom. The van der Waals surface area contributed by atoms with E-state index in [1.54, 1.807) is 13.8 Å². The van der Waals surface area contributed by atoms with Crippen LogP contribution < -0.4 is 21.4 Å². The predicted octanol–water partition coefficient (Wildman–Crippen LogP) is -1.78. The highest BCUT2D eigenvalue weighted by atomic mass is 16.5. The molecule has 2 aliphatic rings. The Morgan fingerprint density at radius 2 is 1.68 bits per heavy atom. The second kappa shape index (κ2) is 11.7. The minimum Gasteiger partial charge on any atom is -0.376 e. The lowest BCUT2D eigenvalue weighted by Gasteiger charge is -2.45. The molecule has 2 saturated heterocycles. The number of hydrogen-bond donors (Lipinski definition) is 6. The van der Waals surface area contributed by atoms with Gasteiger partial charge in [0, 0.05) is 19.1 Å². The lowest BCUT2D eigenvalue weighted by Crippen LogP contribution is -2.67. The van der Waals surface area contributed by atoms with Crippen LogP contribution in [0.15, 0.2) is 0 Å². The van der Waals surface area contributed by atoms with Crippen LogP contribution in [0.4, 0.5) is 0 Å². The van der Waals surface area contributed by atoms with Crippen LogP contribution in [-0.4, -0.2) is 102 Å². The summed E-state index contributed by atoms with van der Waals surface area (Å²) in [6.07, 6.45) is 2.98. The maximum absolute atomic E-state index is 13.1. The number of piperidine rings is 2. The first kappa shape index (κ1) is 25.5. The van der Waals surface area contributed by atoms with Crippen molar-refractivity contribution in [3.05, 3.63) is 0 Å². The van der Waals surface area contributed by atoms with Gasteiger partial charge in [-0.25, -0.2) is 0 Å². The van der Waals surface area contributed by atoms with Crippen LogP contribution in [0.1, 0.15) is 39.5 Å². The van der Waals surface area contributed by atoms with Gasteiger partial charge in [-0.2, -0.15) is 5.48 Å². The summed E-state index contributed by atoms with van der Waals surface area (Å²) in [7, 11) is 2.12. The van der Waals surface area contributed by atoms with Crippen LogP contribution in [0.3, 0.4) is 0 Å². The molecule has 0 saturated carbocycles. The second-order valence-electron chi connectivity index (χ2n) is 8.93. The molecule has 2 heterocycles. The molecule has 1 atom stereocenters. The van der Waals surface area contributed by atoms with E-state index in [0.29, 0.717) is 32.0 Å². The molecule has 0 aromatic carbocycles. The Morgan fingerprint density at radius 3 is 2.19 bits per heavy atom. The van der Waals surface area contributed by atoms with Crippen LogP contribution >= 0.6 is 0 Å². The molecule has 0 unspecified atom stereocenters. The maximum atomic E-state index is 13.1. The minimum atomic E-state index is -1.16. The van der Waals surface area contributed by atoms with Crippen molar-refractivity contribution < 1.29 is 24.7 Å². The molecule has 31 heavy (non-hydrogen) atoms. The molecule has 3 amide bonds. The fourth-order valence-corrected chi connectivity index (χ4v) is 4.34. The van der Waals surface area contributed by atoms with Gasteiger partial charge in [0.1, 0.15) is 18.3 Å². The van der Waals surface area contributed by atoms with Crippen LogP contribution in [-0.2, 0) is 14.4 Å². The number of aliphatic hydroxyl groups excluding tert-OH is 1. The SMILES string of the molecule is CC(C)[C@H](NO)C(=O)NC1(C(=O)NCC(=O)NCO)CCN(C2CCN(C)CC2)CC1. The Labute approximate surface area is 183 Å². The topological polar surface area (TPSA) is 146 Å². The van der Waals surface area contributed by atoms with Crippen LogP contribution in [0.25, 0.3) is 0 Å². The molecule has 178 valence electrons. The van der Waals surface area contributed by atoms with Crippen molar-refractivity contribution in [1.82, 2.24) is 31.2 Å². The van der Waals surface area contributed by atoms with E-state index in [0.717, 1.165) is 25.9 Å². The number of aliphatic hydroxyl groups is 1. The summed E-state index contributed by atoms with van der Waals surface area (Å²) in [5.74, 6) is -1.59. The fraction of sp³-hybridized carbons (Fsp3) is 0.850. The predicted molar refractivity (Wildman–Crippen MR) is 114 cm³/mol. The molecule has 0 radical (unpaired) electrons. The Hall–Kier alpha value is -1.79. The normalized spacial score (nSPS) is 21.5. The molecule has 11 heteroatoms. The van der Waals surface area contributed by atoms with Gasteiger partial charge in [-0.15, -0.1) is 0 Å². The zero-order valence-corrected chi connectivity index (χ0v) is 18.8. The second-order valence-corrected chi connectivity index (χ2v) is 8.93. The van der Waals surface area contributed by atoms with E-state index in [-0.39, 0.29) is 12.5 Å². The highest BCUT2D eigenvalue weighted by molar-refractivity contribution is 5.95. The van der Waals surface area contributed by atoms with Gasteiger partial charge in [-0.05, 0) is 51.7 Å². The van der Waals surface area contributed by atoms with Crippen molar-refractivity contribution in [2.24, 2.45) is 5.92 Å². The molecule has 0 aromatic rings. The number of rotatable bonds is 9. The van der Waals surface area contributed by atoms with Crippen LogP contribution in [0, 0.1) is 5.92 Å². The van der Waals surface area contributed by atoms with Crippen molar-refractivity contribution in [1.29, 1.82) is 0 Å². The van der Waals surface area contributed by atoms with E-state index in [9.17, 15) is 19.6 Å². The number of hydrogen-bond acceptors (Lipinski definition) is 8. The number of nitrogens with one attached hydrogen (secondary N) is 4. The molecule has 0 aliphatic carbocycles. The summed E-state index contributed by atoms with van der Waals surface area (Å²) >= 11 is 0. The summed E-state index contributed by atoms with van der Waals surface area (Å²) in [6.45, 7) is 6.18. The zero-order valence-electron chi connectivity index (χ0n) is 18.8. The fourth-order valence-electron chi connectivity index (χ4n) is 4.34. The Bertz CT molecular complexity index is 615. The minimum absolute atomic E-state index is 0.181. The van der Waals surface area contributed by atoms with Gasteiger partial charge < -0.3 is 36.1 Å². The van der Waals surface area contributed by atoms with Gasteiger partial charge in [0.05, 0.1) is 6.54 Å². The smallest absolute Gasteiger partial charge is 0.246 e. The molecule has 0 bridgehead atoms. The molecule has 0 spiro atoms. The van der Waals surface area contributed by atoms with Gasteiger partial charge in [0.25, 0.3) is 0 Å². The third kappa shape index (κ3) is 6.84. The first-order chi connectivity index (χ1) is 14.7. The number of nitrogens with zero attached hydrogens (tertiary/aromatic N) is 2. The zero-order chi connectivity index (χ0) is 23.0. The summed E-state index contributed by atoms with van der Waals surface area (Å²) in [4.78, 5) is 42.3. The first-order valence-corrected chi connectivity index (χ1v) is 11.0. The number of likely N-dealkylation sites (tertiary alicyclic amines) is 2. The highest BCUT2D eigenvalue weighted by Crippen LogP contribution is 2.27. The van der Waals surface area contributed by atoms with Crippen LogP contribution in [0.5, 0.6) is 0 Å². The van der Waals surface area contributed by atoms with Crippen molar-refractivity contribution in [2.75, 3.05) is 46.5 Å². The highest BCUT2D eigenvalue weighted by Gasteiger charge is 2.45. The van der Waals surface area contributed by atoms with Crippen molar-refractivity contribution in [3.63, 3.8) is 0 Å². The van der Waals surface area contributed by atoms with Gasteiger partial charge in [-0.3, -0.25) is 14.4 Å². The van der Waals surface area contributed by atoms with Gasteiger partial charge >= 0.3 is 0 Å². The van der Waals surface area contributed by atoms with E-state index >= 15 is 0 Å². The summed E-state index contributed by atoms with van der Waals surface area (Å²) in [5, 5.41) is 25.8.